The third kappa shape index (κ3) is 6.49. The van der Waals surface area contributed by atoms with Gasteiger partial charge in [-0.05, 0) is 30.5 Å². The Balaban J connectivity index is 2.84. The van der Waals surface area contributed by atoms with Crippen LogP contribution in [0.15, 0.2) is 18.2 Å². The molecule has 1 rings (SSSR count). The van der Waals surface area contributed by atoms with E-state index in [4.69, 9.17) is 10.8 Å². The molecule has 1 atom stereocenters. The van der Waals surface area contributed by atoms with Gasteiger partial charge in [-0.1, -0.05) is 38.7 Å². The SMILES string of the molecule is CCCCCCCc1ccc(NC(=O)[C@@H](N)CO)cc1C(F)(F)F. The molecule has 7 heteroatoms. The van der Waals surface area contributed by atoms with E-state index in [-0.39, 0.29) is 11.3 Å². The number of rotatable bonds is 9. The van der Waals surface area contributed by atoms with Crippen LogP contribution >= 0.6 is 0 Å². The summed E-state index contributed by atoms with van der Waals surface area (Å²) >= 11 is 0. The zero-order valence-corrected chi connectivity index (χ0v) is 13.8. The molecule has 0 radical (unpaired) electrons. The fraction of sp³-hybridized carbons (Fsp3) is 0.588. The summed E-state index contributed by atoms with van der Waals surface area (Å²) in [4.78, 5) is 11.6. The molecule has 0 saturated carbocycles. The largest absolute Gasteiger partial charge is 0.416 e. The molecule has 0 bridgehead atoms. The smallest absolute Gasteiger partial charge is 0.394 e. The minimum Gasteiger partial charge on any atom is -0.394 e. The Labute approximate surface area is 140 Å². The monoisotopic (exact) mass is 346 g/mol. The number of hydrogen-bond acceptors (Lipinski definition) is 3. The molecule has 4 N–H and O–H groups in total. The topological polar surface area (TPSA) is 75.4 Å². The normalized spacial score (nSPS) is 12.9. The number of carbonyl (C=O) groups is 1. The second-order valence-corrected chi connectivity index (χ2v) is 5.81. The van der Waals surface area contributed by atoms with Gasteiger partial charge in [-0.15, -0.1) is 0 Å². The molecule has 24 heavy (non-hydrogen) atoms. The highest BCUT2D eigenvalue weighted by molar-refractivity contribution is 5.94. The molecule has 0 aliphatic rings. The van der Waals surface area contributed by atoms with E-state index < -0.39 is 30.3 Å². The molecule has 4 nitrogen and oxygen atoms in total. The van der Waals surface area contributed by atoms with Gasteiger partial charge in [-0.3, -0.25) is 4.79 Å². The summed E-state index contributed by atoms with van der Waals surface area (Å²) in [5, 5.41) is 11.1. The number of aryl methyl sites for hydroxylation is 1. The molecule has 1 amide bonds. The maximum absolute atomic E-state index is 13.2. The summed E-state index contributed by atoms with van der Waals surface area (Å²) in [5.74, 6) is -0.724. The van der Waals surface area contributed by atoms with Crippen molar-refractivity contribution in [1.82, 2.24) is 0 Å². The molecule has 0 fully saturated rings. The van der Waals surface area contributed by atoms with Gasteiger partial charge in [0, 0.05) is 5.69 Å². The number of benzene rings is 1. The first kappa shape index (κ1) is 20.4. The van der Waals surface area contributed by atoms with E-state index in [2.05, 4.69) is 12.2 Å². The molecule has 0 heterocycles. The Kier molecular flexibility index (Phi) is 8.21. The van der Waals surface area contributed by atoms with Crippen molar-refractivity contribution in [3.63, 3.8) is 0 Å². The van der Waals surface area contributed by atoms with Crippen molar-refractivity contribution in [2.45, 2.75) is 57.7 Å². The number of alkyl halides is 3. The van der Waals surface area contributed by atoms with Gasteiger partial charge in [0.05, 0.1) is 12.2 Å². The average Bonchev–Trinajstić information content (AvgIpc) is 2.53. The van der Waals surface area contributed by atoms with E-state index in [9.17, 15) is 18.0 Å². The van der Waals surface area contributed by atoms with Gasteiger partial charge in [-0.25, -0.2) is 0 Å². The molecule has 136 valence electrons. The number of nitrogens with one attached hydrogen (secondary N) is 1. The van der Waals surface area contributed by atoms with Gasteiger partial charge < -0.3 is 16.2 Å². The van der Waals surface area contributed by atoms with Crippen molar-refractivity contribution in [2.75, 3.05) is 11.9 Å². The number of halogens is 3. The number of nitrogens with two attached hydrogens (primary N) is 1. The van der Waals surface area contributed by atoms with Crippen LogP contribution in [-0.2, 0) is 17.4 Å². The lowest BCUT2D eigenvalue weighted by atomic mass is 9.99. The predicted octanol–water partition coefficient (Wildman–Crippen LogP) is 3.48. The van der Waals surface area contributed by atoms with Crippen molar-refractivity contribution in [3.8, 4) is 0 Å². The Hall–Kier alpha value is -1.60. The minimum absolute atomic E-state index is 0.0194. The van der Waals surface area contributed by atoms with E-state index in [1.165, 1.54) is 12.1 Å². The number of hydrogen-bond donors (Lipinski definition) is 3. The van der Waals surface area contributed by atoms with E-state index in [0.717, 1.165) is 31.7 Å². The van der Waals surface area contributed by atoms with Crippen LogP contribution in [0.3, 0.4) is 0 Å². The molecule has 0 aliphatic heterocycles. The minimum atomic E-state index is -4.49. The van der Waals surface area contributed by atoms with Gasteiger partial charge >= 0.3 is 6.18 Å². The van der Waals surface area contributed by atoms with Gasteiger partial charge in [0.1, 0.15) is 6.04 Å². The Bertz CT molecular complexity index is 533. The highest BCUT2D eigenvalue weighted by atomic mass is 19.4. The lowest BCUT2D eigenvalue weighted by Crippen LogP contribution is -2.38. The highest BCUT2D eigenvalue weighted by Gasteiger charge is 2.33. The summed E-state index contributed by atoms with van der Waals surface area (Å²) in [5.41, 5.74) is 4.84. The number of anilines is 1. The van der Waals surface area contributed by atoms with Crippen LogP contribution in [0.4, 0.5) is 18.9 Å². The maximum atomic E-state index is 13.2. The Morgan fingerprint density at radius 3 is 2.50 bits per heavy atom. The summed E-state index contributed by atoms with van der Waals surface area (Å²) < 4.78 is 39.7. The lowest BCUT2D eigenvalue weighted by molar-refractivity contribution is -0.138. The van der Waals surface area contributed by atoms with E-state index in [1.54, 1.807) is 0 Å². The molecule has 0 unspecified atom stereocenters. The van der Waals surface area contributed by atoms with Crippen LogP contribution in [0, 0.1) is 0 Å². The molecule has 0 aromatic heterocycles. The molecular weight excluding hydrogens is 321 g/mol. The van der Waals surface area contributed by atoms with Crippen LogP contribution in [0.25, 0.3) is 0 Å². The predicted molar refractivity (Wildman–Crippen MR) is 87.6 cm³/mol. The van der Waals surface area contributed by atoms with Crippen molar-refractivity contribution in [3.05, 3.63) is 29.3 Å². The third-order valence-electron chi connectivity index (χ3n) is 3.77. The van der Waals surface area contributed by atoms with Crippen LogP contribution < -0.4 is 11.1 Å². The first-order valence-electron chi connectivity index (χ1n) is 8.17. The number of carbonyl (C=O) groups excluding carboxylic acids is 1. The van der Waals surface area contributed by atoms with E-state index in [1.807, 2.05) is 0 Å². The van der Waals surface area contributed by atoms with Crippen LogP contribution in [0.5, 0.6) is 0 Å². The fourth-order valence-corrected chi connectivity index (χ4v) is 2.37. The summed E-state index contributed by atoms with van der Waals surface area (Å²) in [6.45, 7) is 1.51. The first-order valence-corrected chi connectivity index (χ1v) is 8.17. The highest BCUT2D eigenvalue weighted by Crippen LogP contribution is 2.34. The number of unbranched alkanes of at least 4 members (excludes halogenated alkanes) is 4. The molecule has 1 aromatic carbocycles. The van der Waals surface area contributed by atoms with Crippen molar-refractivity contribution in [1.29, 1.82) is 0 Å². The summed E-state index contributed by atoms with van der Waals surface area (Å²) in [6.07, 6.45) is 0.645. The molecule has 0 saturated heterocycles. The van der Waals surface area contributed by atoms with Crippen LogP contribution in [-0.4, -0.2) is 23.7 Å². The van der Waals surface area contributed by atoms with Crippen molar-refractivity contribution >= 4 is 11.6 Å². The van der Waals surface area contributed by atoms with Crippen LogP contribution in [0.1, 0.15) is 50.2 Å². The third-order valence-corrected chi connectivity index (χ3v) is 3.77. The first-order chi connectivity index (χ1) is 11.3. The van der Waals surface area contributed by atoms with Gasteiger partial charge in [-0.2, -0.15) is 13.2 Å². The second kappa shape index (κ2) is 9.64. The number of amides is 1. The summed E-state index contributed by atoms with van der Waals surface area (Å²) in [6, 6.07) is 2.57. The van der Waals surface area contributed by atoms with E-state index in [0.29, 0.717) is 12.8 Å². The quantitative estimate of drug-likeness (QED) is 0.599. The van der Waals surface area contributed by atoms with Crippen LogP contribution in [0.2, 0.25) is 0 Å². The van der Waals surface area contributed by atoms with Crippen molar-refractivity contribution < 1.29 is 23.1 Å². The Morgan fingerprint density at radius 1 is 1.25 bits per heavy atom. The van der Waals surface area contributed by atoms with Crippen molar-refractivity contribution in [2.24, 2.45) is 5.73 Å². The lowest BCUT2D eigenvalue weighted by Gasteiger charge is -2.16. The molecule has 0 spiro atoms. The average molecular weight is 346 g/mol. The Morgan fingerprint density at radius 2 is 1.92 bits per heavy atom. The van der Waals surface area contributed by atoms with Gasteiger partial charge in [0.25, 0.3) is 0 Å². The number of aliphatic hydroxyl groups excluding tert-OH is 1. The zero-order chi connectivity index (χ0) is 18.2. The zero-order valence-electron chi connectivity index (χ0n) is 13.8. The standard InChI is InChI=1S/C17H25F3N2O2/c1-2-3-4-5-6-7-12-8-9-13(10-14(12)17(18,19)20)22-16(24)15(21)11-23/h8-10,15,23H,2-7,11,21H2,1H3,(H,22,24)/t15-/m0/s1. The second-order valence-electron chi connectivity index (χ2n) is 5.81. The fourth-order valence-electron chi connectivity index (χ4n) is 2.37. The maximum Gasteiger partial charge on any atom is 0.416 e. The van der Waals surface area contributed by atoms with Gasteiger partial charge in [0.2, 0.25) is 5.91 Å². The molecule has 1 aromatic rings. The molecule has 0 aliphatic carbocycles. The van der Waals surface area contributed by atoms with Gasteiger partial charge in [0.15, 0.2) is 0 Å². The molecular formula is C17H25F3N2O2. The number of aliphatic hydroxyl groups is 1. The van der Waals surface area contributed by atoms with E-state index >= 15 is 0 Å². The summed E-state index contributed by atoms with van der Waals surface area (Å²) in [7, 11) is 0.